The zero-order valence-electron chi connectivity index (χ0n) is 26.4. The van der Waals surface area contributed by atoms with Gasteiger partial charge in [-0.2, -0.15) is 0 Å². The summed E-state index contributed by atoms with van der Waals surface area (Å²) in [7, 11) is 0. The molecular formula is C44H28N4S. The number of aromatic nitrogens is 4. The average molecular weight is 645 g/mol. The lowest BCUT2D eigenvalue weighted by Crippen LogP contribution is -1.96. The number of fused-ring (bicyclic) bond motifs is 3. The van der Waals surface area contributed by atoms with E-state index in [1.165, 1.54) is 20.2 Å². The first-order valence-corrected chi connectivity index (χ1v) is 17.0. The third kappa shape index (κ3) is 5.67. The fraction of sp³-hybridized carbons (Fsp3) is 0. The zero-order chi connectivity index (χ0) is 32.6. The quantitative estimate of drug-likeness (QED) is 0.181. The Morgan fingerprint density at radius 2 is 0.673 bits per heavy atom. The molecule has 3 heterocycles. The van der Waals surface area contributed by atoms with E-state index in [-0.39, 0.29) is 0 Å². The molecule has 9 aromatic rings. The molecule has 0 fully saturated rings. The largest absolute Gasteiger partial charge is 0.228 e. The second-order valence-electron chi connectivity index (χ2n) is 11.9. The minimum absolute atomic E-state index is 0.706. The van der Waals surface area contributed by atoms with Crippen molar-refractivity contribution in [1.82, 2.24) is 19.9 Å². The van der Waals surface area contributed by atoms with Crippen LogP contribution in [-0.2, 0) is 0 Å². The van der Waals surface area contributed by atoms with Gasteiger partial charge in [0, 0.05) is 53.6 Å². The summed E-state index contributed by atoms with van der Waals surface area (Å²) in [5, 5.41) is 2.37. The van der Waals surface area contributed by atoms with Crippen molar-refractivity contribution in [3.63, 3.8) is 0 Å². The van der Waals surface area contributed by atoms with Crippen LogP contribution < -0.4 is 0 Å². The van der Waals surface area contributed by atoms with Gasteiger partial charge in [-0.25, -0.2) is 19.9 Å². The second-order valence-corrected chi connectivity index (χ2v) is 13.0. The van der Waals surface area contributed by atoms with E-state index < -0.39 is 0 Å². The van der Waals surface area contributed by atoms with Crippen LogP contribution in [-0.4, -0.2) is 19.9 Å². The van der Waals surface area contributed by atoms with Gasteiger partial charge >= 0.3 is 0 Å². The van der Waals surface area contributed by atoms with Gasteiger partial charge in [-0.15, -0.1) is 11.3 Å². The molecule has 3 aromatic heterocycles. The minimum Gasteiger partial charge on any atom is -0.228 e. The highest BCUT2D eigenvalue weighted by molar-refractivity contribution is 7.25. The van der Waals surface area contributed by atoms with Gasteiger partial charge in [0.2, 0.25) is 0 Å². The molecule has 9 rings (SSSR count). The molecule has 0 saturated heterocycles. The number of nitrogens with zero attached hydrogens (tertiary/aromatic N) is 4. The number of thiophene rings is 1. The Morgan fingerprint density at radius 3 is 1.10 bits per heavy atom. The minimum atomic E-state index is 0.706. The smallest absolute Gasteiger partial charge is 0.160 e. The molecule has 0 atom stereocenters. The van der Waals surface area contributed by atoms with Crippen LogP contribution in [0.25, 0.3) is 88.0 Å². The summed E-state index contributed by atoms with van der Waals surface area (Å²) >= 11 is 1.78. The molecule has 49 heavy (non-hydrogen) atoms. The predicted octanol–water partition coefficient (Wildman–Crippen LogP) is 11.6. The van der Waals surface area contributed by atoms with Crippen molar-refractivity contribution in [3.8, 4) is 67.8 Å². The number of hydrogen-bond donors (Lipinski definition) is 0. The second kappa shape index (κ2) is 12.4. The van der Waals surface area contributed by atoms with Crippen LogP contribution in [0.1, 0.15) is 0 Å². The van der Waals surface area contributed by atoms with Gasteiger partial charge in [-0.05, 0) is 36.4 Å². The maximum absolute atomic E-state index is 5.07. The summed E-state index contributed by atoms with van der Waals surface area (Å²) in [6.07, 6.45) is 0. The van der Waals surface area contributed by atoms with Crippen molar-refractivity contribution in [2.75, 3.05) is 0 Å². The van der Waals surface area contributed by atoms with Crippen LogP contribution in [0.5, 0.6) is 0 Å². The lowest BCUT2D eigenvalue weighted by Gasteiger charge is -2.10. The Kier molecular flexibility index (Phi) is 7.30. The Labute approximate surface area is 288 Å². The molecule has 0 amide bonds. The normalized spacial score (nSPS) is 11.3. The van der Waals surface area contributed by atoms with Gasteiger partial charge in [0.25, 0.3) is 0 Å². The molecule has 0 aliphatic heterocycles. The van der Waals surface area contributed by atoms with Gasteiger partial charge in [-0.3, -0.25) is 0 Å². The van der Waals surface area contributed by atoms with Gasteiger partial charge in [0.1, 0.15) is 0 Å². The fourth-order valence-electron chi connectivity index (χ4n) is 6.24. The van der Waals surface area contributed by atoms with Crippen molar-refractivity contribution in [2.45, 2.75) is 0 Å². The number of rotatable bonds is 6. The SMILES string of the molecule is c1ccc(-c2cc(-c3ccccc3)nc(-c3ccc4c(c3)sc3ccc(-c5nc(-c6ccccc6)cc(-c6ccccc6)n5)cc34)n2)cc1. The van der Waals surface area contributed by atoms with E-state index in [4.69, 9.17) is 19.9 Å². The van der Waals surface area contributed by atoms with Crippen molar-refractivity contribution >= 4 is 31.5 Å². The summed E-state index contributed by atoms with van der Waals surface area (Å²) in [5.41, 5.74) is 9.82. The van der Waals surface area contributed by atoms with Gasteiger partial charge in [-0.1, -0.05) is 133 Å². The molecule has 4 nitrogen and oxygen atoms in total. The lowest BCUT2D eigenvalue weighted by atomic mass is 10.0. The monoisotopic (exact) mass is 644 g/mol. The summed E-state index contributed by atoms with van der Waals surface area (Å²) in [5.74, 6) is 1.41. The molecule has 6 aromatic carbocycles. The predicted molar refractivity (Wildman–Crippen MR) is 203 cm³/mol. The van der Waals surface area contributed by atoms with E-state index in [1.807, 2.05) is 72.8 Å². The van der Waals surface area contributed by atoms with Crippen LogP contribution >= 0.6 is 11.3 Å². The first-order chi connectivity index (χ1) is 24.2. The third-order valence-electron chi connectivity index (χ3n) is 8.72. The summed E-state index contributed by atoms with van der Waals surface area (Å²) < 4.78 is 2.39. The van der Waals surface area contributed by atoms with E-state index in [0.29, 0.717) is 11.6 Å². The molecule has 0 N–H and O–H groups in total. The lowest BCUT2D eigenvalue weighted by molar-refractivity contribution is 1.18. The van der Waals surface area contributed by atoms with E-state index in [1.54, 1.807) is 11.3 Å². The van der Waals surface area contributed by atoms with Crippen molar-refractivity contribution < 1.29 is 0 Å². The highest BCUT2D eigenvalue weighted by Gasteiger charge is 2.15. The number of benzene rings is 6. The van der Waals surface area contributed by atoms with Crippen molar-refractivity contribution in [1.29, 1.82) is 0 Å². The fourth-order valence-corrected chi connectivity index (χ4v) is 7.36. The average Bonchev–Trinajstić information content (AvgIpc) is 3.56. The first kappa shape index (κ1) is 28.9. The van der Waals surface area contributed by atoms with Crippen LogP contribution in [0.4, 0.5) is 0 Å². The number of hydrogen-bond acceptors (Lipinski definition) is 5. The van der Waals surface area contributed by atoms with Gasteiger partial charge in [0.05, 0.1) is 22.8 Å². The van der Waals surface area contributed by atoms with Crippen LogP contribution in [0, 0.1) is 0 Å². The summed E-state index contributed by atoms with van der Waals surface area (Å²) in [6.45, 7) is 0. The van der Waals surface area contributed by atoms with Crippen LogP contribution in [0.3, 0.4) is 0 Å². The Bertz CT molecular complexity index is 2470. The molecule has 0 unspecified atom stereocenters. The molecule has 0 aliphatic carbocycles. The molecule has 0 radical (unpaired) electrons. The molecule has 5 heteroatoms. The van der Waals surface area contributed by atoms with E-state index in [0.717, 1.165) is 56.2 Å². The third-order valence-corrected chi connectivity index (χ3v) is 9.85. The Morgan fingerprint density at radius 1 is 0.286 bits per heavy atom. The van der Waals surface area contributed by atoms with E-state index in [9.17, 15) is 0 Å². The zero-order valence-corrected chi connectivity index (χ0v) is 27.2. The van der Waals surface area contributed by atoms with E-state index in [2.05, 4.69) is 97.1 Å². The topological polar surface area (TPSA) is 51.6 Å². The molecule has 0 aliphatic rings. The molecule has 0 spiro atoms. The summed E-state index contributed by atoms with van der Waals surface area (Å²) in [4.78, 5) is 20.2. The standard InChI is InChI=1S/C44H28N4S/c1-5-13-29(14-6-1)37-27-38(30-15-7-2-8-16-30)46-43(45-37)33-22-24-41-36(25-33)35-23-21-34(26-42(35)49-41)44-47-39(31-17-9-3-10-18-31)28-40(48-44)32-19-11-4-12-20-32/h1-28H. The Balaban J connectivity index is 1.15. The highest BCUT2D eigenvalue weighted by atomic mass is 32.1. The van der Waals surface area contributed by atoms with E-state index >= 15 is 0 Å². The molecule has 0 bridgehead atoms. The summed E-state index contributed by atoms with van der Waals surface area (Å²) in [6, 6.07) is 58.5. The highest BCUT2D eigenvalue weighted by Crippen LogP contribution is 2.39. The molecular weight excluding hydrogens is 617 g/mol. The molecule has 230 valence electrons. The van der Waals surface area contributed by atoms with Crippen LogP contribution in [0.2, 0.25) is 0 Å². The van der Waals surface area contributed by atoms with Gasteiger partial charge < -0.3 is 0 Å². The first-order valence-electron chi connectivity index (χ1n) is 16.2. The van der Waals surface area contributed by atoms with Crippen molar-refractivity contribution in [2.24, 2.45) is 0 Å². The Hall–Kier alpha value is -6.30. The van der Waals surface area contributed by atoms with Gasteiger partial charge in [0.15, 0.2) is 11.6 Å². The van der Waals surface area contributed by atoms with Crippen molar-refractivity contribution in [3.05, 3.63) is 170 Å². The maximum Gasteiger partial charge on any atom is 0.160 e. The van der Waals surface area contributed by atoms with Crippen LogP contribution in [0.15, 0.2) is 170 Å². The maximum atomic E-state index is 5.07. The molecule has 0 saturated carbocycles.